The summed E-state index contributed by atoms with van der Waals surface area (Å²) in [5.41, 5.74) is 3.78. The van der Waals surface area contributed by atoms with Crippen molar-refractivity contribution < 1.29 is 23.5 Å². The molecule has 0 saturated carbocycles. The number of hydrogen-bond acceptors (Lipinski definition) is 5. The summed E-state index contributed by atoms with van der Waals surface area (Å²) in [4.78, 5) is 40.4. The van der Waals surface area contributed by atoms with Gasteiger partial charge in [0.05, 0.1) is 18.2 Å². The summed E-state index contributed by atoms with van der Waals surface area (Å²) in [6, 6.07) is 9.94. The van der Waals surface area contributed by atoms with Crippen molar-refractivity contribution in [2.75, 3.05) is 0 Å². The van der Waals surface area contributed by atoms with Crippen LogP contribution in [0.2, 0.25) is 0 Å². The van der Waals surface area contributed by atoms with Crippen LogP contribution in [0.1, 0.15) is 22.3 Å². The first kappa shape index (κ1) is 21.5. The largest absolute Gasteiger partial charge is 0.480 e. The molecule has 172 valence electrons. The van der Waals surface area contributed by atoms with Gasteiger partial charge in [-0.15, -0.1) is 0 Å². The van der Waals surface area contributed by atoms with Crippen LogP contribution in [0.4, 0.5) is 0 Å². The van der Waals surface area contributed by atoms with Gasteiger partial charge in [-0.2, -0.15) is 0 Å². The second-order valence-electron chi connectivity index (χ2n) is 8.46. The van der Waals surface area contributed by atoms with Gasteiger partial charge in [0.2, 0.25) is 5.91 Å². The monoisotopic (exact) mass is 458 g/mol. The topological polar surface area (TPSA) is 126 Å². The standard InChI is InChI=1S/C26H22N2O6/c1-13-12-33-22-10-23-18(8-17(13)22)14(2)19(26(32)34-23)9-24(29)28-21(25(30)31)7-15-11-27-20-6-4-3-5-16(15)20/h3-6,8,10-12,21,27H,7,9H2,1-2H3,(H,28,29)(H,30,31). The maximum Gasteiger partial charge on any atom is 0.340 e. The second kappa shape index (κ2) is 8.22. The maximum atomic E-state index is 12.8. The van der Waals surface area contributed by atoms with E-state index in [4.69, 9.17) is 8.83 Å². The molecule has 8 nitrogen and oxygen atoms in total. The van der Waals surface area contributed by atoms with Gasteiger partial charge in [-0.3, -0.25) is 4.79 Å². The third-order valence-electron chi connectivity index (χ3n) is 6.24. The van der Waals surface area contributed by atoms with Crippen molar-refractivity contribution >= 4 is 44.7 Å². The van der Waals surface area contributed by atoms with Crippen LogP contribution in [0, 0.1) is 13.8 Å². The molecule has 0 spiro atoms. The van der Waals surface area contributed by atoms with Crippen molar-refractivity contribution in [3.8, 4) is 0 Å². The number of carboxylic acids is 1. The minimum absolute atomic E-state index is 0.105. The second-order valence-corrected chi connectivity index (χ2v) is 8.46. The summed E-state index contributed by atoms with van der Waals surface area (Å²) in [5, 5.41) is 14.8. The summed E-state index contributed by atoms with van der Waals surface area (Å²) >= 11 is 0. The first-order chi connectivity index (χ1) is 16.3. The Hall–Kier alpha value is -4.33. The van der Waals surface area contributed by atoms with Crippen LogP contribution in [0.3, 0.4) is 0 Å². The quantitative estimate of drug-likeness (QED) is 0.330. The Kier molecular flexibility index (Phi) is 5.20. The summed E-state index contributed by atoms with van der Waals surface area (Å²) < 4.78 is 10.9. The molecule has 3 heterocycles. The number of aromatic nitrogens is 1. The number of H-pyrrole nitrogens is 1. The number of carbonyl (C=O) groups excluding carboxylic acids is 1. The molecule has 0 fully saturated rings. The molecule has 34 heavy (non-hydrogen) atoms. The zero-order chi connectivity index (χ0) is 24.0. The molecular weight excluding hydrogens is 436 g/mol. The number of hydrogen-bond donors (Lipinski definition) is 3. The molecule has 0 aliphatic carbocycles. The summed E-state index contributed by atoms with van der Waals surface area (Å²) in [6.07, 6.45) is 3.19. The number of amides is 1. The Morgan fingerprint density at radius 3 is 2.68 bits per heavy atom. The summed E-state index contributed by atoms with van der Waals surface area (Å²) in [7, 11) is 0. The van der Waals surface area contributed by atoms with E-state index in [1.165, 1.54) is 0 Å². The number of carboxylic acid groups (broad SMARTS) is 1. The Morgan fingerprint density at radius 1 is 1.09 bits per heavy atom. The number of para-hydroxylation sites is 1. The lowest BCUT2D eigenvalue weighted by atomic mass is 10.0. The molecule has 1 atom stereocenters. The third kappa shape index (κ3) is 3.73. The molecule has 0 aliphatic heterocycles. The Morgan fingerprint density at radius 2 is 1.88 bits per heavy atom. The minimum atomic E-state index is -1.15. The van der Waals surface area contributed by atoms with E-state index >= 15 is 0 Å². The average Bonchev–Trinajstić information content (AvgIpc) is 3.38. The summed E-state index contributed by atoms with van der Waals surface area (Å²) in [6.45, 7) is 3.67. The highest BCUT2D eigenvalue weighted by Crippen LogP contribution is 2.29. The molecule has 0 saturated heterocycles. The van der Waals surface area contributed by atoms with Crippen molar-refractivity contribution in [1.29, 1.82) is 0 Å². The predicted octanol–water partition coefficient (Wildman–Crippen LogP) is 3.99. The Balaban J connectivity index is 1.41. The van der Waals surface area contributed by atoms with E-state index in [1.807, 2.05) is 37.3 Å². The zero-order valence-corrected chi connectivity index (χ0v) is 18.6. The van der Waals surface area contributed by atoms with Crippen LogP contribution in [-0.2, 0) is 22.4 Å². The molecule has 1 unspecified atom stereocenters. The lowest BCUT2D eigenvalue weighted by Gasteiger charge is -2.15. The van der Waals surface area contributed by atoms with Crippen molar-refractivity contribution in [2.24, 2.45) is 0 Å². The van der Waals surface area contributed by atoms with E-state index in [-0.39, 0.29) is 18.4 Å². The zero-order valence-electron chi connectivity index (χ0n) is 18.6. The number of nitrogens with one attached hydrogen (secondary N) is 2. The van der Waals surface area contributed by atoms with E-state index in [9.17, 15) is 19.5 Å². The molecule has 8 heteroatoms. The molecule has 2 aromatic carbocycles. The number of furan rings is 1. The predicted molar refractivity (Wildman–Crippen MR) is 127 cm³/mol. The molecular formula is C26H22N2O6. The van der Waals surface area contributed by atoms with Gasteiger partial charge >= 0.3 is 11.6 Å². The van der Waals surface area contributed by atoms with Gasteiger partial charge in [0.1, 0.15) is 17.2 Å². The van der Waals surface area contributed by atoms with E-state index in [0.717, 1.165) is 27.4 Å². The fourth-order valence-corrected chi connectivity index (χ4v) is 4.37. The number of aromatic amines is 1. The first-order valence-electron chi connectivity index (χ1n) is 10.8. The van der Waals surface area contributed by atoms with E-state index in [1.54, 1.807) is 25.5 Å². The molecule has 0 radical (unpaired) electrons. The normalized spacial score (nSPS) is 12.4. The van der Waals surface area contributed by atoms with Gasteiger partial charge in [-0.05, 0) is 42.7 Å². The smallest absolute Gasteiger partial charge is 0.340 e. The van der Waals surface area contributed by atoms with E-state index < -0.39 is 23.5 Å². The van der Waals surface area contributed by atoms with Gasteiger partial charge in [0.15, 0.2) is 0 Å². The highest BCUT2D eigenvalue weighted by molar-refractivity contribution is 5.97. The lowest BCUT2D eigenvalue weighted by molar-refractivity contribution is -0.141. The fourth-order valence-electron chi connectivity index (χ4n) is 4.37. The molecule has 3 aromatic heterocycles. The third-order valence-corrected chi connectivity index (χ3v) is 6.24. The van der Waals surface area contributed by atoms with Crippen molar-refractivity contribution in [3.05, 3.63) is 81.5 Å². The number of aliphatic carboxylic acids is 1. The molecule has 5 rings (SSSR count). The summed E-state index contributed by atoms with van der Waals surface area (Å²) in [5.74, 6) is -1.72. The van der Waals surface area contributed by atoms with Crippen LogP contribution in [0.15, 0.2) is 62.5 Å². The van der Waals surface area contributed by atoms with Crippen LogP contribution in [-0.4, -0.2) is 28.0 Å². The highest BCUT2D eigenvalue weighted by Gasteiger charge is 2.24. The molecule has 1 amide bonds. The molecule has 3 N–H and O–H groups in total. The average molecular weight is 458 g/mol. The fraction of sp³-hybridized carbons (Fsp3) is 0.192. The Labute approximate surface area is 193 Å². The van der Waals surface area contributed by atoms with Crippen LogP contribution < -0.4 is 10.9 Å². The van der Waals surface area contributed by atoms with Gasteiger partial charge < -0.3 is 24.2 Å². The number of fused-ring (bicyclic) bond motifs is 3. The highest BCUT2D eigenvalue weighted by atomic mass is 16.4. The number of benzene rings is 2. The Bertz CT molecular complexity index is 1640. The molecule has 0 bridgehead atoms. The molecule has 5 aromatic rings. The van der Waals surface area contributed by atoms with E-state index in [0.29, 0.717) is 22.1 Å². The number of rotatable bonds is 6. The van der Waals surface area contributed by atoms with E-state index in [2.05, 4.69) is 10.3 Å². The van der Waals surface area contributed by atoms with Crippen LogP contribution in [0.25, 0.3) is 32.8 Å². The first-order valence-corrected chi connectivity index (χ1v) is 10.8. The molecule has 0 aliphatic rings. The van der Waals surface area contributed by atoms with Crippen LogP contribution in [0.5, 0.6) is 0 Å². The van der Waals surface area contributed by atoms with Crippen molar-refractivity contribution in [2.45, 2.75) is 32.7 Å². The van der Waals surface area contributed by atoms with Crippen molar-refractivity contribution in [1.82, 2.24) is 10.3 Å². The van der Waals surface area contributed by atoms with Gasteiger partial charge in [-0.25, -0.2) is 9.59 Å². The number of carbonyl (C=O) groups is 2. The van der Waals surface area contributed by atoms with Crippen molar-refractivity contribution in [3.63, 3.8) is 0 Å². The minimum Gasteiger partial charge on any atom is -0.480 e. The van der Waals surface area contributed by atoms with Crippen LogP contribution >= 0.6 is 0 Å². The lowest BCUT2D eigenvalue weighted by Crippen LogP contribution is -2.43. The van der Waals surface area contributed by atoms with Gasteiger partial charge in [0, 0.05) is 40.4 Å². The maximum absolute atomic E-state index is 12.8. The number of aryl methyl sites for hydroxylation is 2. The SMILES string of the molecule is Cc1coc2cc3oc(=O)c(CC(=O)NC(Cc4c[nH]c5ccccc45)C(=O)O)c(C)c3cc12. The van der Waals surface area contributed by atoms with Gasteiger partial charge in [0.25, 0.3) is 0 Å². The van der Waals surface area contributed by atoms with Gasteiger partial charge in [-0.1, -0.05) is 18.2 Å².